The van der Waals surface area contributed by atoms with Crippen LogP contribution in [-0.2, 0) is 11.2 Å². The Hall–Kier alpha value is -3.94. The molecule has 2 N–H and O–H groups in total. The molecule has 202 valence electrons. The van der Waals surface area contributed by atoms with Gasteiger partial charge in [-0.05, 0) is 73.0 Å². The number of thiophene rings is 1. The quantitative estimate of drug-likeness (QED) is 0.231. The van der Waals surface area contributed by atoms with Gasteiger partial charge in [0.05, 0.1) is 18.2 Å². The van der Waals surface area contributed by atoms with E-state index in [2.05, 4.69) is 0 Å². The maximum atomic E-state index is 12.9. The number of carboxylic acids is 1. The normalized spacial score (nSPS) is 12.1. The SMILES string of the molecule is CC(C)(C)OC(=O)N(CCc1ccc(-c2ccc(C(=O)O)c(-c3cccs3)c2)cc1)C[C@H](O)c1ccccc1. The molecule has 0 aliphatic carbocycles. The molecule has 0 aliphatic rings. The summed E-state index contributed by atoms with van der Waals surface area (Å²) in [4.78, 5) is 27.2. The van der Waals surface area contributed by atoms with Gasteiger partial charge in [0.15, 0.2) is 0 Å². The number of ether oxygens (including phenoxy) is 1. The van der Waals surface area contributed by atoms with Crippen molar-refractivity contribution >= 4 is 23.4 Å². The summed E-state index contributed by atoms with van der Waals surface area (Å²) in [6.45, 7) is 5.97. The Kier molecular flexibility index (Phi) is 8.84. The summed E-state index contributed by atoms with van der Waals surface area (Å²) in [6, 6.07) is 26.5. The van der Waals surface area contributed by atoms with Crippen molar-refractivity contribution in [2.24, 2.45) is 0 Å². The molecule has 1 aromatic heterocycles. The minimum atomic E-state index is -0.952. The monoisotopic (exact) mass is 543 g/mol. The van der Waals surface area contributed by atoms with Crippen molar-refractivity contribution in [2.45, 2.75) is 38.9 Å². The number of rotatable bonds is 9. The van der Waals surface area contributed by atoms with E-state index in [0.717, 1.165) is 27.1 Å². The molecule has 3 aromatic carbocycles. The van der Waals surface area contributed by atoms with E-state index in [4.69, 9.17) is 4.74 Å². The maximum Gasteiger partial charge on any atom is 0.410 e. The van der Waals surface area contributed by atoms with E-state index >= 15 is 0 Å². The highest BCUT2D eigenvalue weighted by atomic mass is 32.1. The second-order valence-corrected chi connectivity index (χ2v) is 11.3. The lowest BCUT2D eigenvalue weighted by molar-refractivity contribution is 0.0147. The molecule has 1 heterocycles. The van der Waals surface area contributed by atoms with Gasteiger partial charge in [-0.1, -0.05) is 66.7 Å². The molecule has 4 rings (SSSR count). The van der Waals surface area contributed by atoms with Crippen molar-refractivity contribution < 1.29 is 24.5 Å². The molecule has 0 saturated heterocycles. The maximum absolute atomic E-state index is 12.9. The van der Waals surface area contributed by atoms with E-state index in [1.54, 1.807) is 11.0 Å². The minimum Gasteiger partial charge on any atom is -0.478 e. The number of aliphatic hydroxyl groups excluding tert-OH is 1. The lowest BCUT2D eigenvalue weighted by Crippen LogP contribution is -2.40. The van der Waals surface area contributed by atoms with Crippen LogP contribution < -0.4 is 0 Å². The summed E-state index contributed by atoms with van der Waals surface area (Å²) in [5.41, 5.74) is 4.00. The zero-order valence-electron chi connectivity index (χ0n) is 22.3. The molecule has 0 bridgehead atoms. The number of hydrogen-bond acceptors (Lipinski definition) is 5. The van der Waals surface area contributed by atoms with Gasteiger partial charge in [0, 0.05) is 17.0 Å². The standard InChI is InChI=1S/C32H33NO5S/c1-32(2,3)38-31(37)33(21-28(34)24-8-5-4-6-9-24)18-17-22-11-13-23(14-12-22)25-15-16-26(30(35)36)27(20-25)29-10-7-19-39-29/h4-16,19-20,28,34H,17-18,21H2,1-3H3,(H,35,36)/t28-/m0/s1. The van der Waals surface area contributed by atoms with Crippen LogP contribution in [0.4, 0.5) is 4.79 Å². The van der Waals surface area contributed by atoms with Gasteiger partial charge < -0.3 is 19.8 Å². The van der Waals surface area contributed by atoms with Gasteiger partial charge in [0.2, 0.25) is 0 Å². The third-order valence-electron chi connectivity index (χ3n) is 6.22. The number of aliphatic hydroxyl groups is 1. The second-order valence-electron chi connectivity index (χ2n) is 10.3. The van der Waals surface area contributed by atoms with Crippen molar-refractivity contribution in [3.63, 3.8) is 0 Å². The second kappa shape index (κ2) is 12.3. The molecule has 7 heteroatoms. The minimum absolute atomic E-state index is 0.123. The molecule has 0 spiro atoms. The Labute approximate surface area is 233 Å². The fourth-order valence-corrected chi connectivity index (χ4v) is 5.00. The first-order chi connectivity index (χ1) is 18.6. The van der Waals surface area contributed by atoms with Gasteiger partial charge >= 0.3 is 12.1 Å². The largest absolute Gasteiger partial charge is 0.478 e. The molecule has 0 radical (unpaired) electrons. The molecule has 39 heavy (non-hydrogen) atoms. The van der Waals surface area contributed by atoms with Gasteiger partial charge in [-0.3, -0.25) is 0 Å². The summed E-state index contributed by atoms with van der Waals surface area (Å²) < 4.78 is 5.61. The molecular weight excluding hydrogens is 510 g/mol. The third-order valence-corrected chi connectivity index (χ3v) is 7.13. The van der Waals surface area contributed by atoms with Crippen LogP contribution in [0.2, 0.25) is 0 Å². The molecular formula is C32H33NO5S. The van der Waals surface area contributed by atoms with Gasteiger partial charge in [-0.15, -0.1) is 11.3 Å². The first-order valence-electron chi connectivity index (χ1n) is 12.8. The van der Waals surface area contributed by atoms with Gasteiger partial charge in [-0.25, -0.2) is 9.59 Å². The van der Waals surface area contributed by atoms with Crippen LogP contribution in [0, 0.1) is 0 Å². The Morgan fingerprint density at radius 1 is 0.923 bits per heavy atom. The van der Waals surface area contributed by atoms with Crippen molar-refractivity contribution in [2.75, 3.05) is 13.1 Å². The van der Waals surface area contributed by atoms with Crippen LogP contribution in [0.15, 0.2) is 90.3 Å². The molecule has 4 aromatic rings. The van der Waals surface area contributed by atoms with Gasteiger partial charge in [-0.2, -0.15) is 0 Å². The predicted octanol–water partition coefficient (Wildman–Crippen LogP) is 7.29. The van der Waals surface area contributed by atoms with E-state index in [-0.39, 0.29) is 12.1 Å². The number of nitrogens with zero attached hydrogens (tertiary/aromatic N) is 1. The number of benzene rings is 3. The van der Waals surface area contributed by atoms with Crippen LogP contribution in [0.3, 0.4) is 0 Å². The van der Waals surface area contributed by atoms with Crippen molar-refractivity contribution in [3.8, 4) is 21.6 Å². The first kappa shape index (κ1) is 28.1. The summed E-state index contributed by atoms with van der Waals surface area (Å²) >= 11 is 1.51. The van der Waals surface area contributed by atoms with E-state index < -0.39 is 23.8 Å². The predicted molar refractivity (Wildman–Crippen MR) is 155 cm³/mol. The van der Waals surface area contributed by atoms with E-state index in [9.17, 15) is 19.8 Å². The Morgan fingerprint density at radius 3 is 2.23 bits per heavy atom. The number of amides is 1. The van der Waals surface area contributed by atoms with Crippen molar-refractivity contribution in [1.82, 2.24) is 4.90 Å². The van der Waals surface area contributed by atoms with Crippen LogP contribution in [0.25, 0.3) is 21.6 Å². The Bertz CT molecular complexity index is 1390. The highest BCUT2D eigenvalue weighted by Gasteiger charge is 2.24. The molecule has 1 atom stereocenters. The van der Waals surface area contributed by atoms with Crippen LogP contribution in [0.1, 0.15) is 48.4 Å². The Morgan fingerprint density at radius 2 is 1.62 bits per heavy atom. The van der Waals surface area contributed by atoms with Crippen molar-refractivity contribution in [1.29, 1.82) is 0 Å². The average Bonchev–Trinajstić information content (AvgIpc) is 3.45. The topological polar surface area (TPSA) is 87.1 Å². The molecule has 0 aliphatic heterocycles. The lowest BCUT2D eigenvalue weighted by Gasteiger charge is -2.29. The molecule has 0 saturated carbocycles. The lowest BCUT2D eigenvalue weighted by atomic mass is 9.97. The third kappa shape index (κ3) is 7.56. The fourth-order valence-electron chi connectivity index (χ4n) is 4.25. The van der Waals surface area contributed by atoms with Crippen LogP contribution in [0.5, 0.6) is 0 Å². The van der Waals surface area contributed by atoms with Crippen LogP contribution in [-0.4, -0.2) is 45.9 Å². The molecule has 0 unspecified atom stereocenters. The van der Waals surface area contributed by atoms with Crippen LogP contribution >= 0.6 is 11.3 Å². The molecule has 1 amide bonds. The summed E-state index contributed by atoms with van der Waals surface area (Å²) in [7, 11) is 0. The zero-order chi connectivity index (χ0) is 28.0. The van der Waals surface area contributed by atoms with Crippen molar-refractivity contribution in [3.05, 3.63) is 107 Å². The summed E-state index contributed by atoms with van der Waals surface area (Å²) in [5, 5.41) is 22.3. The highest BCUT2D eigenvalue weighted by Crippen LogP contribution is 2.32. The van der Waals surface area contributed by atoms with E-state index in [1.165, 1.54) is 11.3 Å². The molecule has 6 nitrogen and oxygen atoms in total. The smallest absolute Gasteiger partial charge is 0.410 e. The highest BCUT2D eigenvalue weighted by molar-refractivity contribution is 7.13. The zero-order valence-corrected chi connectivity index (χ0v) is 23.2. The summed E-state index contributed by atoms with van der Waals surface area (Å²) in [5.74, 6) is -0.952. The number of carbonyl (C=O) groups excluding carboxylic acids is 1. The van der Waals surface area contributed by atoms with E-state index in [0.29, 0.717) is 18.5 Å². The van der Waals surface area contributed by atoms with Gasteiger partial charge in [0.1, 0.15) is 5.60 Å². The fraction of sp³-hybridized carbons (Fsp3) is 0.250. The first-order valence-corrected chi connectivity index (χ1v) is 13.7. The number of carboxylic acid groups (broad SMARTS) is 1. The number of hydrogen-bond donors (Lipinski definition) is 2. The average molecular weight is 544 g/mol. The number of carbonyl (C=O) groups is 2. The van der Waals surface area contributed by atoms with E-state index in [1.807, 2.05) is 105 Å². The molecule has 0 fully saturated rings. The van der Waals surface area contributed by atoms with Gasteiger partial charge in [0.25, 0.3) is 0 Å². The number of aromatic carboxylic acids is 1. The summed E-state index contributed by atoms with van der Waals surface area (Å²) in [6.07, 6.45) is -0.708. The Balaban J connectivity index is 1.49.